The summed E-state index contributed by atoms with van der Waals surface area (Å²) >= 11 is 0. The van der Waals surface area contributed by atoms with E-state index in [9.17, 15) is 19.8 Å². The zero-order valence-corrected chi connectivity index (χ0v) is 16.4. The van der Waals surface area contributed by atoms with E-state index in [2.05, 4.69) is 17.1 Å². The second-order valence-corrected chi connectivity index (χ2v) is 7.87. The Morgan fingerprint density at radius 1 is 1.30 bits per heavy atom. The minimum atomic E-state index is -1.30. The van der Waals surface area contributed by atoms with Gasteiger partial charge in [-0.05, 0) is 50.8 Å². The van der Waals surface area contributed by atoms with Gasteiger partial charge in [0.2, 0.25) is 0 Å². The monoisotopic (exact) mass is 372 g/mol. The second-order valence-electron chi connectivity index (χ2n) is 7.87. The number of fused-ring (bicyclic) bond motifs is 1. The molecule has 6 heteroatoms. The molecule has 1 aliphatic rings. The molecule has 1 saturated heterocycles. The van der Waals surface area contributed by atoms with Gasteiger partial charge in [-0.3, -0.25) is 9.59 Å². The van der Waals surface area contributed by atoms with Gasteiger partial charge in [0.25, 0.3) is 5.91 Å². The van der Waals surface area contributed by atoms with Gasteiger partial charge in [0.15, 0.2) is 0 Å². The Kier molecular flexibility index (Phi) is 5.04. The average molecular weight is 372 g/mol. The lowest BCUT2D eigenvalue weighted by molar-refractivity contribution is -0.162. The Morgan fingerprint density at radius 2 is 2.00 bits per heavy atom. The Bertz CT molecular complexity index is 901. The lowest BCUT2D eigenvalue weighted by atomic mass is 9.74. The molecule has 0 aliphatic carbocycles. The summed E-state index contributed by atoms with van der Waals surface area (Å²) in [6, 6.07) is 4.13. The smallest absolute Gasteiger partial charge is 0.314 e. The number of amides is 1. The van der Waals surface area contributed by atoms with E-state index in [-0.39, 0.29) is 18.9 Å². The van der Waals surface area contributed by atoms with E-state index in [0.717, 1.165) is 27.6 Å². The molecular formula is C21H28N2O4. The Hall–Kier alpha value is -2.34. The third-order valence-electron chi connectivity index (χ3n) is 5.92. The number of carbonyl (C=O) groups is 2. The van der Waals surface area contributed by atoms with Crippen LogP contribution in [0.1, 0.15) is 53.4 Å². The Labute approximate surface area is 159 Å². The highest BCUT2D eigenvalue weighted by molar-refractivity contribution is 6.02. The van der Waals surface area contributed by atoms with Gasteiger partial charge in [-0.25, -0.2) is 0 Å². The Balaban J connectivity index is 1.99. The molecule has 3 rings (SSSR count). The van der Waals surface area contributed by atoms with E-state index in [4.69, 9.17) is 0 Å². The van der Waals surface area contributed by atoms with Crippen LogP contribution >= 0.6 is 0 Å². The summed E-state index contributed by atoms with van der Waals surface area (Å²) in [5.74, 6) is -1.23. The van der Waals surface area contributed by atoms with Gasteiger partial charge in [-0.15, -0.1) is 0 Å². The number of carboxylic acids is 1. The van der Waals surface area contributed by atoms with E-state index >= 15 is 0 Å². The lowest BCUT2D eigenvalue weighted by Gasteiger charge is -2.43. The number of aliphatic carboxylic acids is 1. The molecule has 1 aromatic carbocycles. The van der Waals surface area contributed by atoms with E-state index in [1.54, 1.807) is 4.90 Å². The first-order valence-electron chi connectivity index (χ1n) is 9.51. The molecule has 1 aromatic heterocycles. The van der Waals surface area contributed by atoms with Crippen LogP contribution in [-0.2, 0) is 4.79 Å². The summed E-state index contributed by atoms with van der Waals surface area (Å²) < 4.78 is 0. The number of carbonyl (C=O) groups excluding carboxylic acids is 1. The number of nitrogens with one attached hydrogen (secondary N) is 1. The number of aliphatic hydroxyl groups excluding tert-OH is 1. The number of likely N-dealkylation sites (tertiary alicyclic amines) is 1. The highest BCUT2D eigenvalue weighted by atomic mass is 16.4. The minimum absolute atomic E-state index is 0.0307. The van der Waals surface area contributed by atoms with Crippen molar-refractivity contribution < 1.29 is 19.8 Å². The fourth-order valence-electron chi connectivity index (χ4n) is 4.42. The number of rotatable bonds is 4. The highest BCUT2D eigenvalue weighted by Crippen LogP contribution is 2.36. The summed E-state index contributed by atoms with van der Waals surface area (Å²) in [4.78, 5) is 30.0. The van der Waals surface area contributed by atoms with Crippen LogP contribution in [0.5, 0.6) is 0 Å². The number of benzene rings is 1. The zero-order valence-electron chi connectivity index (χ0n) is 16.4. The number of hydrogen-bond donors (Lipinski definition) is 3. The molecule has 1 fully saturated rings. The normalized spacial score (nSPS) is 23.0. The summed E-state index contributed by atoms with van der Waals surface area (Å²) in [6.45, 7) is 8.23. The number of hydrogen-bond acceptors (Lipinski definition) is 3. The molecule has 2 aromatic rings. The lowest BCUT2D eigenvalue weighted by Crippen LogP contribution is -2.57. The summed E-state index contributed by atoms with van der Waals surface area (Å²) in [5.41, 5.74) is 3.24. The van der Waals surface area contributed by atoms with Crippen LogP contribution in [0.2, 0.25) is 0 Å². The van der Waals surface area contributed by atoms with Gasteiger partial charge >= 0.3 is 5.97 Å². The van der Waals surface area contributed by atoms with Crippen LogP contribution in [-0.4, -0.2) is 51.2 Å². The first-order valence-corrected chi connectivity index (χ1v) is 9.51. The summed E-state index contributed by atoms with van der Waals surface area (Å²) in [6.07, 6.45) is 0.315. The van der Waals surface area contributed by atoms with Crippen LogP contribution < -0.4 is 0 Å². The van der Waals surface area contributed by atoms with Crippen molar-refractivity contribution in [3.8, 4) is 0 Å². The molecule has 27 heavy (non-hydrogen) atoms. The molecule has 0 bridgehead atoms. The zero-order chi connectivity index (χ0) is 19.9. The fraction of sp³-hybridized carbons (Fsp3) is 0.524. The van der Waals surface area contributed by atoms with E-state index < -0.39 is 17.5 Å². The van der Waals surface area contributed by atoms with Crippen LogP contribution in [0.15, 0.2) is 12.1 Å². The largest absolute Gasteiger partial charge is 0.481 e. The third kappa shape index (κ3) is 3.12. The van der Waals surface area contributed by atoms with Crippen molar-refractivity contribution in [2.75, 3.05) is 13.1 Å². The third-order valence-corrected chi connectivity index (χ3v) is 5.92. The SMILES string of the molecule is CCC[C@@]1(C(=O)O)CN(C(=O)c2[nH]c3c(C)cc(C)cc3c2C)CC[C@@H]1O. The molecule has 3 N–H and O–H groups in total. The van der Waals surface area contributed by atoms with Crippen molar-refractivity contribution in [2.45, 2.75) is 53.1 Å². The molecule has 2 heterocycles. The topological polar surface area (TPSA) is 93.6 Å². The van der Waals surface area contributed by atoms with Crippen molar-refractivity contribution in [1.82, 2.24) is 9.88 Å². The molecular weight excluding hydrogens is 344 g/mol. The van der Waals surface area contributed by atoms with Crippen molar-refractivity contribution >= 4 is 22.8 Å². The standard InChI is InChI=1S/C21H28N2O4/c1-5-7-21(20(26)27)11-23(8-6-16(21)24)19(25)18-14(4)15-10-12(2)9-13(3)17(15)22-18/h9-10,16,22,24H,5-8,11H2,1-4H3,(H,26,27)/t16-,21+/m0/s1. The average Bonchev–Trinajstić information content (AvgIpc) is 2.93. The molecule has 0 radical (unpaired) electrons. The predicted molar refractivity (Wildman–Crippen MR) is 104 cm³/mol. The van der Waals surface area contributed by atoms with Crippen molar-refractivity contribution in [2.24, 2.45) is 5.41 Å². The summed E-state index contributed by atoms with van der Waals surface area (Å²) in [7, 11) is 0. The second kappa shape index (κ2) is 7.00. The van der Waals surface area contributed by atoms with Gasteiger partial charge in [0.05, 0.1) is 6.10 Å². The number of aromatic nitrogens is 1. The van der Waals surface area contributed by atoms with Gasteiger partial charge < -0.3 is 20.1 Å². The molecule has 0 unspecified atom stereocenters. The van der Waals surface area contributed by atoms with E-state index in [0.29, 0.717) is 25.1 Å². The van der Waals surface area contributed by atoms with Gasteiger partial charge in [0, 0.05) is 24.0 Å². The summed E-state index contributed by atoms with van der Waals surface area (Å²) in [5, 5.41) is 21.2. The first-order chi connectivity index (χ1) is 12.7. The first kappa shape index (κ1) is 19.4. The molecule has 2 atom stereocenters. The quantitative estimate of drug-likeness (QED) is 0.768. The van der Waals surface area contributed by atoms with Crippen LogP contribution in [0.25, 0.3) is 10.9 Å². The number of aryl methyl sites for hydroxylation is 3. The van der Waals surface area contributed by atoms with Crippen LogP contribution in [0, 0.1) is 26.2 Å². The molecule has 1 amide bonds. The molecule has 1 aliphatic heterocycles. The predicted octanol–water partition coefficient (Wildman–Crippen LogP) is 3.17. The maximum absolute atomic E-state index is 13.2. The Morgan fingerprint density at radius 3 is 2.63 bits per heavy atom. The van der Waals surface area contributed by atoms with Crippen molar-refractivity contribution in [1.29, 1.82) is 0 Å². The van der Waals surface area contributed by atoms with Crippen LogP contribution in [0.3, 0.4) is 0 Å². The molecule has 6 nitrogen and oxygen atoms in total. The van der Waals surface area contributed by atoms with Gasteiger partial charge in [-0.1, -0.05) is 25.0 Å². The number of nitrogens with zero attached hydrogens (tertiary/aromatic N) is 1. The van der Waals surface area contributed by atoms with E-state index in [1.165, 1.54) is 0 Å². The van der Waals surface area contributed by atoms with Crippen LogP contribution in [0.4, 0.5) is 0 Å². The van der Waals surface area contributed by atoms with E-state index in [1.807, 2.05) is 27.7 Å². The number of H-pyrrole nitrogens is 1. The number of aromatic amines is 1. The van der Waals surface area contributed by atoms with Gasteiger partial charge in [-0.2, -0.15) is 0 Å². The number of piperidine rings is 1. The molecule has 0 saturated carbocycles. The molecule has 146 valence electrons. The fourth-order valence-corrected chi connectivity index (χ4v) is 4.42. The van der Waals surface area contributed by atoms with Crippen molar-refractivity contribution in [3.63, 3.8) is 0 Å². The number of carboxylic acid groups (broad SMARTS) is 1. The molecule has 0 spiro atoms. The van der Waals surface area contributed by atoms with Crippen molar-refractivity contribution in [3.05, 3.63) is 34.5 Å². The highest BCUT2D eigenvalue weighted by Gasteiger charge is 2.49. The maximum Gasteiger partial charge on any atom is 0.314 e. The number of aliphatic hydroxyl groups is 1. The minimum Gasteiger partial charge on any atom is -0.481 e. The van der Waals surface area contributed by atoms with Gasteiger partial charge in [0.1, 0.15) is 11.1 Å². The maximum atomic E-state index is 13.2.